The van der Waals surface area contributed by atoms with Gasteiger partial charge in [0, 0.05) is 7.11 Å². The largest absolute Gasteiger partial charge is 0.373 e. The van der Waals surface area contributed by atoms with Crippen molar-refractivity contribution in [2.45, 2.75) is 51.2 Å². The van der Waals surface area contributed by atoms with Gasteiger partial charge in [-0.1, -0.05) is 24.9 Å². The highest BCUT2D eigenvalue weighted by molar-refractivity contribution is 4.97. The molecule has 96 valence electrons. The van der Waals surface area contributed by atoms with Crippen molar-refractivity contribution in [3.8, 4) is 0 Å². The van der Waals surface area contributed by atoms with E-state index in [1.165, 1.54) is 12.8 Å². The van der Waals surface area contributed by atoms with Gasteiger partial charge in [-0.2, -0.15) is 4.98 Å². The van der Waals surface area contributed by atoms with Crippen LogP contribution in [-0.4, -0.2) is 23.8 Å². The molecule has 0 bridgehead atoms. The third-order valence-electron chi connectivity index (χ3n) is 3.19. The molecule has 0 radical (unpaired) electrons. The summed E-state index contributed by atoms with van der Waals surface area (Å²) in [7, 11) is 1.69. The highest BCUT2D eigenvalue weighted by atomic mass is 16.5. The summed E-state index contributed by atoms with van der Waals surface area (Å²) in [6.45, 7) is 3.15. The second-order valence-corrected chi connectivity index (χ2v) is 4.51. The van der Waals surface area contributed by atoms with Crippen LogP contribution in [0.25, 0.3) is 0 Å². The molecule has 2 heterocycles. The predicted molar refractivity (Wildman–Crippen MR) is 63.6 cm³/mol. The Hall–Kier alpha value is -0.940. The van der Waals surface area contributed by atoms with Gasteiger partial charge in [0.2, 0.25) is 11.7 Å². The van der Waals surface area contributed by atoms with E-state index in [-0.39, 0.29) is 12.1 Å². The maximum absolute atomic E-state index is 5.37. The van der Waals surface area contributed by atoms with E-state index in [4.69, 9.17) is 9.26 Å². The predicted octanol–water partition coefficient (Wildman–Crippen LogP) is 2.37. The van der Waals surface area contributed by atoms with Crippen molar-refractivity contribution in [2.24, 2.45) is 0 Å². The van der Waals surface area contributed by atoms with Crippen LogP contribution < -0.4 is 5.32 Å². The standard InChI is InChI=1S/C12H21N3O2/c1-3-6-10(16-2)11-14-12(17-15-11)9-7-4-5-8-13-9/h9-10,13H,3-8H2,1-2H3. The van der Waals surface area contributed by atoms with Crippen molar-refractivity contribution >= 4 is 0 Å². The van der Waals surface area contributed by atoms with Crippen LogP contribution in [0.2, 0.25) is 0 Å². The van der Waals surface area contributed by atoms with Crippen LogP contribution in [0.1, 0.15) is 62.9 Å². The van der Waals surface area contributed by atoms with Gasteiger partial charge in [-0.25, -0.2) is 0 Å². The van der Waals surface area contributed by atoms with Gasteiger partial charge in [0.1, 0.15) is 6.10 Å². The Morgan fingerprint density at radius 2 is 2.41 bits per heavy atom. The summed E-state index contributed by atoms with van der Waals surface area (Å²) >= 11 is 0. The van der Waals surface area contributed by atoms with Crippen LogP contribution in [0.3, 0.4) is 0 Å². The average molecular weight is 239 g/mol. The van der Waals surface area contributed by atoms with Crippen LogP contribution >= 0.6 is 0 Å². The second-order valence-electron chi connectivity index (χ2n) is 4.51. The van der Waals surface area contributed by atoms with Crippen molar-refractivity contribution in [3.63, 3.8) is 0 Å². The molecule has 5 nitrogen and oxygen atoms in total. The summed E-state index contributed by atoms with van der Waals surface area (Å²) in [5, 5.41) is 7.43. The fraction of sp³-hybridized carbons (Fsp3) is 0.833. The molecule has 1 aromatic rings. The highest BCUT2D eigenvalue weighted by Gasteiger charge is 2.23. The Morgan fingerprint density at radius 1 is 1.53 bits per heavy atom. The SMILES string of the molecule is CCCC(OC)c1noc(C2CCCCN2)n1. The van der Waals surface area contributed by atoms with Crippen molar-refractivity contribution in [2.75, 3.05) is 13.7 Å². The summed E-state index contributed by atoms with van der Waals surface area (Å²) in [5.74, 6) is 1.38. The number of nitrogens with zero attached hydrogens (tertiary/aromatic N) is 2. The van der Waals surface area contributed by atoms with Gasteiger partial charge in [0.25, 0.3) is 0 Å². The van der Waals surface area contributed by atoms with Crippen LogP contribution in [0.4, 0.5) is 0 Å². The number of nitrogens with one attached hydrogen (secondary N) is 1. The Bertz CT molecular complexity index is 315. The molecular weight excluding hydrogens is 218 g/mol. The lowest BCUT2D eigenvalue weighted by Gasteiger charge is -2.19. The number of methoxy groups -OCH3 is 1. The first kappa shape index (κ1) is 12.5. The zero-order chi connectivity index (χ0) is 12.1. The molecular formula is C12H21N3O2. The molecule has 0 aromatic carbocycles. The summed E-state index contributed by atoms with van der Waals surface area (Å²) in [4.78, 5) is 4.46. The molecule has 2 unspecified atom stereocenters. The molecule has 0 amide bonds. The summed E-state index contributed by atoms with van der Waals surface area (Å²) in [5.41, 5.74) is 0. The third kappa shape index (κ3) is 3.04. The van der Waals surface area contributed by atoms with E-state index in [1.54, 1.807) is 7.11 Å². The molecule has 2 atom stereocenters. The second kappa shape index (κ2) is 6.12. The first-order valence-electron chi connectivity index (χ1n) is 6.44. The molecule has 1 saturated heterocycles. The minimum absolute atomic E-state index is 0.0407. The third-order valence-corrected chi connectivity index (χ3v) is 3.19. The number of piperidine rings is 1. The molecule has 1 N–H and O–H groups in total. The van der Waals surface area contributed by atoms with E-state index in [9.17, 15) is 0 Å². The molecule has 0 spiro atoms. The van der Waals surface area contributed by atoms with Crippen molar-refractivity contribution in [1.82, 2.24) is 15.5 Å². The van der Waals surface area contributed by atoms with Crippen LogP contribution in [0.5, 0.6) is 0 Å². The van der Waals surface area contributed by atoms with E-state index >= 15 is 0 Å². The number of hydrogen-bond donors (Lipinski definition) is 1. The maximum atomic E-state index is 5.37. The van der Waals surface area contributed by atoms with Gasteiger partial charge in [-0.3, -0.25) is 0 Å². The lowest BCUT2D eigenvalue weighted by Crippen LogP contribution is -2.27. The fourth-order valence-electron chi connectivity index (χ4n) is 2.20. The Kier molecular flexibility index (Phi) is 4.50. The van der Waals surface area contributed by atoms with Crippen molar-refractivity contribution in [1.29, 1.82) is 0 Å². The average Bonchev–Trinajstić information content (AvgIpc) is 2.86. The zero-order valence-electron chi connectivity index (χ0n) is 10.6. The van der Waals surface area contributed by atoms with E-state index in [2.05, 4.69) is 22.4 Å². The normalized spacial score (nSPS) is 22.6. The molecule has 0 saturated carbocycles. The number of ether oxygens (including phenoxy) is 1. The molecule has 5 heteroatoms. The molecule has 1 fully saturated rings. The molecule has 0 aliphatic carbocycles. The van der Waals surface area contributed by atoms with E-state index in [0.717, 1.165) is 25.8 Å². The lowest BCUT2D eigenvalue weighted by atomic mass is 10.1. The zero-order valence-corrected chi connectivity index (χ0v) is 10.6. The minimum Gasteiger partial charge on any atom is -0.373 e. The topological polar surface area (TPSA) is 60.2 Å². The monoisotopic (exact) mass is 239 g/mol. The number of rotatable bonds is 5. The maximum Gasteiger partial charge on any atom is 0.243 e. The van der Waals surface area contributed by atoms with E-state index in [1.807, 2.05) is 0 Å². The summed E-state index contributed by atoms with van der Waals surface area (Å²) in [6, 6.07) is 0.226. The van der Waals surface area contributed by atoms with E-state index in [0.29, 0.717) is 11.7 Å². The van der Waals surface area contributed by atoms with Crippen molar-refractivity contribution < 1.29 is 9.26 Å². The highest BCUT2D eigenvalue weighted by Crippen LogP contribution is 2.24. The smallest absolute Gasteiger partial charge is 0.243 e. The Morgan fingerprint density at radius 3 is 3.06 bits per heavy atom. The van der Waals surface area contributed by atoms with Crippen molar-refractivity contribution in [3.05, 3.63) is 11.7 Å². The first-order valence-corrected chi connectivity index (χ1v) is 6.44. The molecule has 1 aromatic heterocycles. The van der Waals surface area contributed by atoms with Gasteiger partial charge >= 0.3 is 0 Å². The number of aromatic nitrogens is 2. The number of hydrogen-bond acceptors (Lipinski definition) is 5. The minimum atomic E-state index is -0.0407. The fourth-order valence-corrected chi connectivity index (χ4v) is 2.20. The Labute approximate surface area is 102 Å². The van der Waals surface area contributed by atoms with Crippen LogP contribution in [0.15, 0.2) is 4.52 Å². The molecule has 1 aliphatic rings. The molecule has 1 aliphatic heterocycles. The van der Waals surface area contributed by atoms with Crippen LogP contribution in [0, 0.1) is 0 Å². The Balaban J connectivity index is 2.03. The summed E-state index contributed by atoms with van der Waals surface area (Å²) < 4.78 is 10.7. The first-order chi connectivity index (χ1) is 8.35. The van der Waals surface area contributed by atoms with Gasteiger partial charge in [-0.15, -0.1) is 0 Å². The summed E-state index contributed by atoms with van der Waals surface area (Å²) in [6.07, 6.45) is 5.46. The quantitative estimate of drug-likeness (QED) is 0.854. The van der Waals surface area contributed by atoms with E-state index < -0.39 is 0 Å². The van der Waals surface area contributed by atoms with Gasteiger partial charge in [-0.05, 0) is 25.8 Å². The lowest BCUT2D eigenvalue weighted by molar-refractivity contribution is 0.0854. The van der Waals surface area contributed by atoms with Gasteiger partial charge < -0.3 is 14.6 Å². The van der Waals surface area contributed by atoms with Gasteiger partial charge in [0.15, 0.2) is 0 Å². The van der Waals surface area contributed by atoms with Crippen LogP contribution in [-0.2, 0) is 4.74 Å². The molecule has 2 rings (SSSR count). The molecule has 17 heavy (non-hydrogen) atoms. The van der Waals surface area contributed by atoms with Gasteiger partial charge in [0.05, 0.1) is 6.04 Å².